The number of pyridine rings is 1. The van der Waals surface area contributed by atoms with E-state index in [1.54, 1.807) is 11.8 Å². The van der Waals surface area contributed by atoms with Gasteiger partial charge in [0.2, 0.25) is 0 Å². The van der Waals surface area contributed by atoms with Gasteiger partial charge in [0.1, 0.15) is 5.69 Å². The molecule has 25 heavy (non-hydrogen) atoms. The van der Waals surface area contributed by atoms with Crippen LogP contribution in [0.4, 0.5) is 5.69 Å². The molecule has 0 fully saturated rings. The molecule has 0 unspecified atom stereocenters. The number of benzene rings is 1. The fourth-order valence-electron chi connectivity index (χ4n) is 3.71. The Bertz CT molecular complexity index is 841. The van der Waals surface area contributed by atoms with Crippen LogP contribution in [0.15, 0.2) is 36.4 Å². The number of hydrogen-bond donors (Lipinski definition) is 1. The van der Waals surface area contributed by atoms with E-state index in [9.17, 15) is 9.59 Å². The Kier molecular flexibility index (Phi) is 4.33. The highest BCUT2D eigenvalue weighted by Gasteiger charge is 2.42. The normalized spacial score (nSPS) is 15.1. The van der Waals surface area contributed by atoms with Gasteiger partial charge < -0.3 is 10.0 Å². The van der Waals surface area contributed by atoms with Crippen LogP contribution in [0, 0.1) is 6.92 Å². The molecular formula is C20H22N2O3. The smallest absolute Gasteiger partial charge is 0.337 e. The molecule has 0 atom stereocenters. The summed E-state index contributed by atoms with van der Waals surface area (Å²) in [6.45, 7) is 6.54. The number of anilines is 1. The molecule has 2 heterocycles. The number of para-hydroxylation sites is 1. The van der Waals surface area contributed by atoms with Gasteiger partial charge in [0.25, 0.3) is 5.91 Å². The van der Waals surface area contributed by atoms with E-state index in [1.165, 1.54) is 17.7 Å². The van der Waals surface area contributed by atoms with Crippen molar-refractivity contribution in [2.45, 2.75) is 39.0 Å². The number of amides is 1. The highest BCUT2D eigenvalue weighted by molar-refractivity contribution is 6.07. The summed E-state index contributed by atoms with van der Waals surface area (Å²) in [5.74, 6) is -1.22. The van der Waals surface area contributed by atoms with Gasteiger partial charge in [0.15, 0.2) is 0 Å². The van der Waals surface area contributed by atoms with Crippen LogP contribution in [-0.4, -0.2) is 28.5 Å². The summed E-state index contributed by atoms with van der Waals surface area (Å²) in [6.07, 6.45) is 1.91. The molecule has 2 aromatic rings. The van der Waals surface area contributed by atoms with E-state index >= 15 is 0 Å². The van der Waals surface area contributed by atoms with Gasteiger partial charge in [0, 0.05) is 17.6 Å². The highest BCUT2D eigenvalue weighted by Crippen LogP contribution is 2.45. The summed E-state index contributed by atoms with van der Waals surface area (Å²) in [5.41, 5.74) is 2.84. The topological polar surface area (TPSA) is 70.5 Å². The minimum Gasteiger partial charge on any atom is -0.478 e. The summed E-state index contributed by atoms with van der Waals surface area (Å²) in [5, 5.41) is 9.13. The van der Waals surface area contributed by atoms with Crippen LogP contribution in [0.5, 0.6) is 0 Å². The minimum absolute atomic E-state index is 0.0394. The van der Waals surface area contributed by atoms with Gasteiger partial charge in [0.05, 0.1) is 11.3 Å². The summed E-state index contributed by atoms with van der Waals surface area (Å²) >= 11 is 0. The molecule has 0 bridgehead atoms. The predicted molar refractivity (Wildman–Crippen MR) is 96.3 cm³/mol. The zero-order valence-electron chi connectivity index (χ0n) is 14.7. The third kappa shape index (κ3) is 2.69. The number of carboxylic acids is 1. The molecule has 1 aliphatic rings. The molecular weight excluding hydrogens is 316 g/mol. The lowest BCUT2D eigenvalue weighted by molar-refractivity contribution is 0.0695. The van der Waals surface area contributed by atoms with Crippen molar-refractivity contribution in [1.82, 2.24) is 4.98 Å². The third-order valence-electron chi connectivity index (χ3n) is 5.36. The first kappa shape index (κ1) is 17.1. The Hall–Kier alpha value is -2.69. The molecule has 5 nitrogen and oxygen atoms in total. The summed E-state index contributed by atoms with van der Waals surface area (Å²) in [6, 6.07) is 11.0. The molecule has 1 aromatic heterocycles. The van der Waals surface area contributed by atoms with Gasteiger partial charge in [-0.25, -0.2) is 9.78 Å². The lowest BCUT2D eigenvalue weighted by atomic mass is 9.78. The molecule has 1 aliphatic heterocycles. The Morgan fingerprint density at radius 3 is 2.44 bits per heavy atom. The number of nitrogens with zero attached hydrogens (tertiary/aromatic N) is 2. The molecule has 5 heteroatoms. The molecule has 1 amide bonds. The number of aryl methyl sites for hydroxylation is 1. The van der Waals surface area contributed by atoms with Gasteiger partial charge in [-0.05, 0) is 43.5 Å². The number of carboxylic acid groups (broad SMARTS) is 1. The zero-order chi connectivity index (χ0) is 18.2. The Morgan fingerprint density at radius 2 is 1.84 bits per heavy atom. The van der Waals surface area contributed by atoms with E-state index in [1.807, 2.05) is 18.2 Å². The fourth-order valence-corrected chi connectivity index (χ4v) is 3.71. The number of carbonyl (C=O) groups excluding carboxylic acids is 1. The van der Waals surface area contributed by atoms with Gasteiger partial charge in [-0.1, -0.05) is 32.0 Å². The molecule has 0 saturated heterocycles. The van der Waals surface area contributed by atoms with Crippen LogP contribution in [0.1, 0.15) is 58.8 Å². The zero-order valence-corrected chi connectivity index (χ0v) is 14.7. The van der Waals surface area contributed by atoms with Crippen molar-refractivity contribution in [3.05, 3.63) is 58.9 Å². The molecule has 1 aromatic carbocycles. The molecule has 1 N–H and O–H groups in total. The first-order valence-corrected chi connectivity index (χ1v) is 8.56. The third-order valence-corrected chi connectivity index (χ3v) is 5.36. The van der Waals surface area contributed by atoms with Crippen LogP contribution in [0.3, 0.4) is 0 Å². The van der Waals surface area contributed by atoms with E-state index < -0.39 is 5.97 Å². The Labute approximate surface area is 147 Å². The molecule has 0 spiro atoms. The number of hydrogen-bond acceptors (Lipinski definition) is 3. The lowest BCUT2D eigenvalue weighted by Gasteiger charge is -2.27. The molecule has 0 radical (unpaired) electrons. The summed E-state index contributed by atoms with van der Waals surface area (Å²) in [4.78, 5) is 30.3. The molecule has 3 rings (SSSR count). The van der Waals surface area contributed by atoms with Gasteiger partial charge in [-0.3, -0.25) is 4.79 Å². The SMILES string of the molecule is CCC1(CC)CN(C(=O)c2ccc(C(=O)O)c(C)n2)c2ccccc21. The first-order valence-electron chi connectivity index (χ1n) is 8.56. The van der Waals surface area contributed by atoms with Crippen molar-refractivity contribution in [3.8, 4) is 0 Å². The van der Waals surface area contributed by atoms with Crippen LogP contribution < -0.4 is 4.90 Å². The van der Waals surface area contributed by atoms with Gasteiger partial charge in [-0.2, -0.15) is 0 Å². The number of aromatic nitrogens is 1. The minimum atomic E-state index is -1.04. The van der Waals surface area contributed by atoms with Gasteiger partial charge in [-0.15, -0.1) is 0 Å². The second-order valence-corrected chi connectivity index (χ2v) is 6.53. The number of carbonyl (C=O) groups is 2. The maximum absolute atomic E-state index is 13.1. The van der Waals surface area contributed by atoms with Crippen molar-refractivity contribution in [2.75, 3.05) is 11.4 Å². The quantitative estimate of drug-likeness (QED) is 0.920. The van der Waals surface area contributed by atoms with Crippen molar-refractivity contribution in [2.24, 2.45) is 0 Å². The maximum Gasteiger partial charge on any atom is 0.337 e. The first-order chi connectivity index (χ1) is 11.9. The Balaban J connectivity index is 2.01. The monoisotopic (exact) mass is 338 g/mol. The van der Waals surface area contributed by atoms with E-state index in [-0.39, 0.29) is 22.6 Å². The van der Waals surface area contributed by atoms with E-state index in [0.717, 1.165) is 18.5 Å². The van der Waals surface area contributed by atoms with Crippen LogP contribution in [0.2, 0.25) is 0 Å². The fraction of sp³-hybridized carbons (Fsp3) is 0.350. The lowest BCUT2D eigenvalue weighted by Crippen LogP contribution is -2.37. The number of fused-ring (bicyclic) bond motifs is 1. The summed E-state index contributed by atoms with van der Waals surface area (Å²) < 4.78 is 0. The van der Waals surface area contributed by atoms with E-state index in [0.29, 0.717) is 12.2 Å². The van der Waals surface area contributed by atoms with Crippen LogP contribution in [0.25, 0.3) is 0 Å². The van der Waals surface area contributed by atoms with Gasteiger partial charge >= 0.3 is 5.97 Å². The molecule has 0 saturated carbocycles. The van der Waals surface area contributed by atoms with Crippen molar-refractivity contribution in [3.63, 3.8) is 0 Å². The average molecular weight is 338 g/mol. The second kappa shape index (κ2) is 6.31. The molecule has 0 aliphatic carbocycles. The maximum atomic E-state index is 13.1. The molecule has 130 valence electrons. The van der Waals surface area contributed by atoms with Crippen LogP contribution in [-0.2, 0) is 5.41 Å². The average Bonchev–Trinajstić information content (AvgIpc) is 2.96. The van der Waals surface area contributed by atoms with Crippen molar-refractivity contribution < 1.29 is 14.7 Å². The standard InChI is InChI=1S/C20H22N2O3/c1-4-20(5-2)12-22(17-9-7-6-8-15(17)20)18(23)16-11-10-14(19(24)25)13(3)21-16/h6-11H,4-5,12H2,1-3H3,(H,24,25). The van der Waals surface area contributed by atoms with Crippen molar-refractivity contribution >= 4 is 17.6 Å². The number of aromatic carboxylic acids is 1. The van der Waals surface area contributed by atoms with E-state index in [2.05, 4.69) is 24.9 Å². The van der Waals surface area contributed by atoms with E-state index in [4.69, 9.17) is 5.11 Å². The summed E-state index contributed by atoms with van der Waals surface area (Å²) in [7, 11) is 0. The van der Waals surface area contributed by atoms with Crippen LogP contribution >= 0.6 is 0 Å². The Morgan fingerprint density at radius 1 is 1.16 bits per heavy atom. The largest absolute Gasteiger partial charge is 0.478 e. The van der Waals surface area contributed by atoms with Crippen molar-refractivity contribution in [1.29, 1.82) is 0 Å². The number of rotatable bonds is 4. The second-order valence-electron chi connectivity index (χ2n) is 6.53. The predicted octanol–water partition coefficient (Wildman–Crippen LogP) is 3.81. The highest BCUT2D eigenvalue weighted by atomic mass is 16.4.